The molecule has 1 aromatic carbocycles. The van der Waals surface area contributed by atoms with E-state index in [9.17, 15) is 23.2 Å². The maximum Gasteiger partial charge on any atom is 0.433 e. The van der Waals surface area contributed by atoms with E-state index < -0.39 is 23.9 Å². The van der Waals surface area contributed by atoms with E-state index in [0.29, 0.717) is 17.1 Å². The molecule has 1 aliphatic heterocycles. The molecule has 1 atom stereocenters. The number of pyridine rings is 2. The van der Waals surface area contributed by atoms with Crippen LogP contribution in [-0.4, -0.2) is 28.6 Å². The van der Waals surface area contributed by atoms with Gasteiger partial charge in [0.25, 0.3) is 0 Å². The van der Waals surface area contributed by atoms with Gasteiger partial charge in [0.1, 0.15) is 11.7 Å². The Balaban J connectivity index is 1.81. The quantitative estimate of drug-likeness (QED) is 0.609. The summed E-state index contributed by atoms with van der Waals surface area (Å²) in [7, 11) is 0. The molecule has 10 heteroatoms. The highest BCUT2D eigenvalue weighted by Gasteiger charge is 2.42. The van der Waals surface area contributed by atoms with Gasteiger partial charge >= 0.3 is 12.2 Å². The molecule has 3 aromatic rings. The second-order valence-corrected chi connectivity index (χ2v) is 6.71. The summed E-state index contributed by atoms with van der Waals surface area (Å²) in [5.41, 5.74) is -0.943. The third kappa shape index (κ3) is 3.21. The molecule has 146 valence electrons. The molecule has 3 heterocycles. The van der Waals surface area contributed by atoms with Gasteiger partial charge in [-0.15, -0.1) is 0 Å². The summed E-state index contributed by atoms with van der Waals surface area (Å²) < 4.78 is 39.2. The van der Waals surface area contributed by atoms with Gasteiger partial charge in [0.05, 0.1) is 35.2 Å². The first-order valence-electron chi connectivity index (χ1n) is 8.37. The molecule has 1 fully saturated rings. The zero-order valence-electron chi connectivity index (χ0n) is 14.6. The fourth-order valence-electron chi connectivity index (χ4n) is 3.25. The summed E-state index contributed by atoms with van der Waals surface area (Å²) in [4.78, 5) is 22.8. The summed E-state index contributed by atoms with van der Waals surface area (Å²) in [5.74, 6) is 0. The van der Waals surface area contributed by atoms with Gasteiger partial charge in [-0.05, 0) is 6.07 Å². The summed E-state index contributed by atoms with van der Waals surface area (Å²) in [6.07, 6.45) is -0.788. The number of urea groups is 1. The molecule has 6 nitrogen and oxygen atoms in total. The van der Waals surface area contributed by atoms with Crippen LogP contribution < -0.4 is 9.80 Å². The SMILES string of the molecule is N#C[C@H]1CN(c2cc(C(F)(F)F)ncc2Cl)C(=O)N1c1cncc2ccccc12. The predicted molar refractivity (Wildman–Crippen MR) is 101 cm³/mol. The Hall–Kier alpha value is -3.38. The average molecular weight is 418 g/mol. The highest BCUT2D eigenvalue weighted by Crippen LogP contribution is 2.38. The monoisotopic (exact) mass is 417 g/mol. The third-order valence-electron chi connectivity index (χ3n) is 4.58. The predicted octanol–water partition coefficient (Wildman–Crippen LogP) is 4.64. The van der Waals surface area contributed by atoms with Crippen LogP contribution in [0.25, 0.3) is 10.8 Å². The van der Waals surface area contributed by atoms with Crippen LogP contribution in [0.4, 0.5) is 29.3 Å². The number of fused-ring (bicyclic) bond motifs is 1. The molecule has 0 N–H and O–H groups in total. The van der Waals surface area contributed by atoms with Gasteiger partial charge in [0.15, 0.2) is 0 Å². The van der Waals surface area contributed by atoms with Crippen LogP contribution in [0, 0.1) is 11.3 Å². The Labute approximate surface area is 167 Å². The lowest BCUT2D eigenvalue weighted by Gasteiger charge is -2.21. The number of anilines is 2. The highest BCUT2D eigenvalue weighted by molar-refractivity contribution is 6.34. The van der Waals surface area contributed by atoms with Crippen molar-refractivity contribution in [2.24, 2.45) is 0 Å². The number of rotatable bonds is 2. The Kier molecular flexibility index (Phi) is 4.51. The zero-order chi connectivity index (χ0) is 20.8. The van der Waals surface area contributed by atoms with Crippen LogP contribution in [-0.2, 0) is 6.18 Å². The van der Waals surface area contributed by atoms with Gasteiger partial charge in [-0.2, -0.15) is 18.4 Å². The number of hydrogen-bond donors (Lipinski definition) is 0. The minimum Gasteiger partial charge on any atom is -0.289 e. The number of aromatic nitrogens is 2. The molecule has 1 aliphatic rings. The van der Waals surface area contributed by atoms with Crippen LogP contribution in [0.15, 0.2) is 48.9 Å². The van der Waals surface area contributed by atoms with Crippen molar-refractivity contribution in [3.05, 3.63) is 59.6 Å². The highest BCUT2D eigenvalue weighted by atomic mass is 35.5. The molecule has 4 rings (SSSR count). The molecular formula is C19H11ClF3N5O. The van der Waals surface area contributed by atoms with Gasteiger partial charge in [-0.25, -0.2) is 4.79 Å². The number of nitrogens with zero attached hydrogens (tertiary/aromatic N) is 5. The largest absolute Gasteiger partial charge is 0.433 e. The Bertz CT molecular complexity index is 1160. The van der Waals surface area contributed by atoms with E-state index in [1.807, 2.05) is 12.1 Å². The number of benzene rings is 1. The Morgan fingerprint density at radius 2 is 1.93 bits per heavy atom. The second-order valence-electron chi connectivity index (χ2n) is 6.31. The van der Waals surface area contributed by atoms with E-state index in [-0.39, 0.29) is 17.3 Å². The molecule has 0 spiro atoms. The molecule has 1 saturated heterocycles. The van der Waals surface area contributed by atoms with E-state index in [1.54, 1.807) is 24.4 Å². The molecule has 0 unspecified atom stereocenters. The number of carbonyl (C=O) groups excluding carboxylic acids is 1. The van der Waals surface area contributed by atoms with Crippen molar-refractivity contribution in [1.82, 2.24) is 9.97 Å². The summed E-state index contributed by atoms with van der Waals surface area (Å²) >= 11 is 6.03. The first kappa shape index (κ1) is 19.0. The number of nitriles is 1. The van der Waals surface area contributed by atoms with Crippen LogP contribution in [0.1, 0.15) is 5.69 Å². The number of carbonyl (C=O) groups is 1. The molecule has 0 saturated carbocycles. The summed E-state index contributed by atoms with van der Waals surface area (Å²) in [6.45, 7) is -0.153. The Morgan fingerprint density at radius 3 is 2.66 bits per heavy atom. The van der Waals surface area contributed by atoms with Gasteiger partial charge in [0, 0.05) is 23.2 Å². The molecule has 0 radical (unpaired) electrons. The maximum absolute atomic E-state index is 13.1. The fourth-order valence-corrected chi connectivity index (χ4v) is 3.45. The van der Waals surface area contributed by atoms with Crippen LogP contribution >= 0.6 is 11.6 Å². The molecule has 2 aromatic heterocycles. The lowest BCUT2D eigenvalue weighted by molar-refractivity contribution is -0.141. The van der Waals surface area contributed by atoms with Crippen LogP contribution in [0.2, 0.25) is 5.02 Å². The van der Waals surface area contributed by atoms with E-state index in [0.717, 1.165) is 16.5 Å². The van der Waals surface area contributed by atoms with E-state index in [2.05, 4.69) is 9.97 Å². The normalized spacial score (nSPS) is 17.1. The van der Waals surface area contributed by atoms with Crippen molar-refractivity contribution in [3.63, 3.8) is 0 Å². The van der Waals surface area contributed by atoms with Gasteiger partial charge in [0.2, 0.25) is 0 Å². The first-order valence-corrected chi connectivity index (χ1v) is 8.75. The van der Waals surface area contributed by atoms with E-state index in [1.165, 1.54) is 11.1 Å². The van der Waals surface area contributed by atoms with Crippen molar-refractivity contribution < 1.29 is 18.0 Å². The third-order valence-corrected chi connectivity index (χ3v) is 4.87. The smallest absolute Gasteiger partial charge is 0.289 e. The number of hydrogen-bond acceptors (Lipinski definition) is 4. The lowest BCUT2D eigenvalue weighted by Crippen LogP contribution is -2.34. The topological polar surface area (TPSA) is 73.1 Å². The fraction of sp³-hybridized carbons (Fsp3) is 0.158. The second kappa shape index (κ2) is 6.90. The number of alkyl halides is 3. The summed E-state index contributed by atoms with van der Waals surface area (Å²) in [5, 5.41) is 10.9. The van der Waals surface area contributed by atoms with Crippen molar-refractivity contribution in [2.75, 3.05) is 16.3 Å². The van der Waals surface area contributed by atoms with E-state index in [4.69, 9.17) is 11.6 Å². The van der Waals surface area contributed by atoms with Crippen LogP contribution in [0.5, 0.6) is 0 Å². The molecule has 0 bridgehead atoms. The average Bonchev–Trinajstić information content (AvgIpc) is 3.03. The van der Waals surface area contributed by atoms with Crippen LogP contribution in [0.3, 0.4) is 0 Å². The minimum atomic E-state index is -4.70. The molecular weight excluding hydrogens is 407 g/mol. The van der Waals surface area contributed by atoms with Crippen molar-refractivity contribution in [3.8, 4) is 6.07 Å². The van der Waals surface area contributed by atoms with Gasteiger partial charge in [-0.1, -0.05) is 35.9 Å². The van der Waals surface area contributed by atoms with Crippen molar-refractivity contribution >= 4 is 39.8 Å². The maximum atomic E-state index is 13.1. The Morgan fingerprint density at radius 1 is 1.17 bits per heavy atom. The minimum absolute atomic E-state index is 0.124. The first-order chi connectivity index (χ1) is 13.8. The molecule has 29 heavy (non-hydrogen) atoms. The van der Waals surface area contributed by atoms with Crippen molar-refractivity contribution in [2.45, 2.75) is 12.2 Å². The van der Waals surface area contributed by atoms with Gasteiger partial charge in [-0.3, -0.25) is 19.8 Å². The molecule has 0 aliphatic carbocycles. The standard InChI is InChI=1S/C19H11ClF3N5O/c20-14-8-26-17(19(21,22)23)5-15(14)27-10-12(6-24)28(18(27)29)16-9-25-7-11-3-1-2-4-13(11)16/h1-5,7-9,12H,10H2/t12-/m0/s1. The summed E-state index contributed by atoms with van der Waals surface area (Å²) in [6, 6.07) is 8.30. The lowest BCUT2D eigenvalue weighted by atomic mass is 10.1. The van der Waals surface area contributed by atoms with Gasteiger partial charge < -0.3 is 0 Å². The number of halogens is 4. The molecule has 2 amide bonds. The number of amides is 2. The van der Waals surface area contributed by atoms with Crippen molar-refractivity contribution in [1.29, 1.82) is 5.26 Å². The van der Waals surface area contributed by atoms with E-state index >= 15 is 0 Å². The zero-order valence-corrected chi connectivity index (χ0v) is 15.3.